The van der Waals surface area contributed by atoms with E-state index in [1.807, 2.05) is 13.8 Å². The third kappa shape index (κ3) is 4.29. The number of amides is 1. The lowest BCUT2D eigenvalue weighted by Crippen LogP contribution is -2.29. The maximum Gasteiger partial charge on any atom is 0.269 e. The van der Waals surface area contributed by atoms with Gasteiger partial charge >= 0.3 is 0 Å². The molecule has 1 aromatic heterocycles. The predicted molar refractivity (Wildman–Crippen MR) is 86.6 cm³/mol. The van der Waals surface area contributed by atoms with E-state index in [1.54, 1.807) is 12.1 Å². The number of benzene rings is 1. The molecule has 0 saturated heterocycles. The largest absolute Gasteiger partial charge is 0.383 e. The normalized spacial score (nSPS) is 10.6. The maximum atomic E-state index is 12.1. The lowest BCUT2D eigenvalue weighted by molar-refractivity contribution is -0.384. The minimum atomic E-state index is -0.443. The van der Waals surface area contributed by atoms with Crippen molar-refractivity contribution in [2.45, 2.75) is 19.8 Å². The number of anilines is 1. The van der Waals surface area contributed by atoms with E-state index in [4.69, 9.17) is 0 Å². The zero-order chi connectivity index (χ0) is 16.8. The number of nitro benzene ring substituents is 1. The number of nitro groups is 1. The molecule has 1 amide bonds. The third-order valence-electron chi connectivity index (χ3n) is 3.31. The molecule has 0 atom stereocenters. The Balaban J connectivity index is 1.80. The molecule has 23 heavy (non-hydrogen) atoms. The molecule has 1 heterocycles. The van der Waals surface area contributed by atoms with Crippen molar-refractivity contribution in [3.8, 4) is 0 Å². The van der Waals surface area contributed by atoms with E-state index in [0.29, 0.717) is 18.7 Å². The summed E-state index contributed by atoms with van der Waals surface area (Å²) in [4.78, 5) is 22.2. The average molecular weight is 317 g/mol. The van der Waals surface area contributed by atoms with E-state index in [-0.39, 0.29) is 17.5 Å². The number of hydrogen-bond acceptors (Lipinski definition) is 5. The number of non-ortho nitro benzene ring substituents is 1. The first-order chi connectivity index (χ1) is 11.0. The van der Waals surface area contributed by atoms with Crippen LogP contribution in [-0.4, -0.2) is 34.1 Å². The summed E-state index contributed by atoms with van der Waals surface area (Å²) in [6.07, 6.45) is 1.52. The summed E-state index contributed by atoms with van der Waals surface area (Å²) >= 11 is 0. The number of rotatable bonds is 7. The molecule has 0 saturated carbocycles. The number of aromatic nitrogens is 2. The van der Waals surface area contributed by atoms with Gasteiger partial charge in [-0.25, -0.2) is 0 Å². The number of H-pyrrole nitrogens is 1. The second-order valence-electron chi connectivity index (χ2n) is 5.34. The first-order valence-electron chi connectivity index (χ1n) is 7.29. The van der Waals surface area contributed by atoms with Crippen molar-refractivity contribution in [1.29, 1.82) is 0 Å². The summed E-state index contributed by atoms with van der Waals surface area (Å²) in [5.41, 5.74) is 2.17. The fraction of sp³-hybridized carbons (Fsp3) is 0.333. The van der Waals surface area contributed by atoms with Gasteiger partial charge in [-0.3, -0.25) is 20.0 Å². The zero-order valence-corrected chi connectivity index (χ0v) is 13.0. The molecule has 0 aliphatic rings. The van der Waals surface area contributed by atoms with Gasteiger partial charge in [0.15, 0.2) is 0 Å². The lowest BCUT2D eigenvalue weighted by atomic mass is 10.1. The van der Waals surface area contributed by atoms with Crippen LogP contribution < -0.4 is 10.6 Å². The molecular formula is C15H19N5O3. The summed E-state index contributed by atoms with van der Waals surface area (Å²) in [6.45, 7) is 4.91. The molecule has 8 nitrogen and oxygen atoms in total. The van der Waals surface area contributed by atoms with Crippen molar-refractivity contribution in [1.82, 2.24) is 15.5 Å². The Morgan fingerprint density at radius 2 is 2.00 bits per heavy atom. The van der Waals surface area contributed by atoms with Crippen LogP contribution in [0.15, 0.2) is 30.5 Å². The molecule has 2 rings (SSSR count). The van der Waals surface area contributed by atoms with Crippen LogP contribution in [-0.2, 0) is 0 Å². The first kappa shape index (κ1) is 16.5. The van der Waals surface area contributed by atoms with Crippen LogP contribution in [0.25, 0.3) is 0 Å². The average Bonchev–Trinajstić information content (AvgIpc) is 3.01. The number of nitrogens with one attached hydrogen (secondary N) is 3. The molecule has 0 aliphatic carbocycles. The van der Waals surface area contributed by atoms with Crippen molar-refractivity contribution in [3.63, 3.8) is 0 Å². The van der Waals surface area contributed by atoms with E-state index in [9.17, 15) is 14.9 Å². The Hall–Kier alpha value is -2.90. The summed E-state index contributed by atoms with van der Waals surface area (Å²) in [6, 6.07) is 6.13. The molecule has 3 N–H and O–H groups in total. The minimum Gasteiger partial charge on any atom is -0.383 e. The Morgan fingerprint density at radius 3 is 2.61 bits per heavy atom. The van der Waals surface area contributed by atoms with Crippen molar-refractivity contribution in [2.75, 3.05) is 18.4 Å². The number of carbonyl (C=O) groups excluding carboxylic acids is 1. The van der Waals surface area contributed by atoms with E-state index in [1.165, 1.54) is 18.3 Å². The highest BCUT2D eigenvalue weighted by atomic mass is 16.6. The van der Waals surface area contributed by atoms with Crippen LogP contribution in [0.4, 0.5) is 11.4 Å². The number of nitrogens with zero attached hydrogens (tertiary/aromatic N) is 2. The van der Waals surface area contributed by atoms with Gasteiger partial charge in [0.25, 0.3) is 11.6 Å². The predicted octanol–water partition coefficient (Wildman–Crippen LogP) is 2.28. The van der Waals surface area contributed by atoms with Crippen molar-refractivity contribution >= 4 is 17.3 Å². The van der Waals surface area contributed by atoms with Gasteiger partial charge in [0, 0.05) is 30.9 Å². The van der Waals surface area contributed by atoms with Crippen molar-refractivity contribution in [3.05, 3.63) is 51.8 Å². The van der Waals surface area contributed by atoms with Gasteiger partial charge in [-0.05, 0) is 18.1 Å². The standard InChI is InChI=1S/C15H19N5O3/c1-10(2)14-13(9-18-19-14)15(21)17-8-7-16-11-3-5-12(6-4-11)20(22)23/h3-6,9-10,16H,7-8H2,1-2H3,(H,17,21)(H,18,19). The molecular weight excluding hydrogens is 298 g/mol. The fourth-order valence-electron chi connectivity index (χ4n) is 2.10. The Morgan fingerprint density at radius 1 is 1.30 bits per heavy atom. The molecule has 1 aromatic carbocycles. The fourth-order valence-corrected chi connectivity index (χ4v) is 2.10. The second-order valence-corrected chi connectivity index (χ2v) is 5.34. The summed E-state index contributed by atoms with van der Waals surface area (Å²) in [5, 5.41) is 23.2. The first-order valence-corrected chi connectivity index (χ1v) is 7.29. The Bertz CT molecular complexity index is 679. The number of aromatic amines is 1. The molecule has 122 valence electrons. The minimum absolute atomic E-state index is 0.0463. The van der Waals surface area contributed by atoms with Gasteiger partial charge in [-0.15, -0.1) is 0 Å². The van der Waals surface area contributed by atoms with Gasteiger partial charge in [-0.2, -0.15) is 5.10 Å². The Kier molecular flexibility index (Phi) is 5.29. The summed E-state index contributed by atoms with van der Waals surface area (Å²) in [5.74, 6) is 0.0180. The van der Waals surface area contributed by atoms with Crippen LogP contribution in [0.2, 0.25) is 0 Å². The quantitative estimate of drug-likeness (QED) is 0.412. The monoisotopic (exact) mass is 317 g/mol. The van der Waals surface area contributed by atoms with Crippen LogP contribution >= 0.6 is 0 Å². The third-order valence-corrected chi connectivity index (χ3v) is 3.31. The van der Waals surface area contributed by atoms with Gasteiger partial charge in [0.2, 0.25) is 0 Å². The highest BCUT2D eigenvalue weighted by Gasteiger charge is 2.15. The zero-order valence-electron chi connectivity index (χ0n) is 13.0. The highest BCUT2D eigenvalue weighted by Crippen LogP contribution is 2.16. The van der Waals surface area contributed by atoms with E-state index in [2.05, 4.69) is 20.8 Å². The number of hydrogen-bond donors (Lipinski definition) is 3. The van der Waals surface area contributed by atoms with Crippen LogP contribution in [0.5, 0.6) is 0 Å². The van der Waals surface area contributed by atoms with Crippen LogP contribution in [0.1, 0.15) is 35.8 Å². The van der Waals surface area contributed by atoms with Gasteiger partial charge in [0.05, 0.1) is 22.4 Å². The molecule has 0 radical (unpaired) electrons. The van der Waals surface area contributed by atoms with E-state index >= 15 is 0 Å². The molecule has 0 fully saturated rings. The number of carbonyl (C=O) groups is 1. The SMILES string of the molecule is CC(C)c1[nH]ncc1C(=O)NCCNc1ccc([N+](=O)[O-])cc1. The van der Waals surface area contributed by atoms with Crippen LogP contribution in [0, 0.1) is 10.1 Å². The topological polar surface area (TPSA) is 113 Å². The van der Waals surface area contributed by atoms with Crippen LogP contribution in [0.3, 0.4) is 0 Å². The highest BCUT2D eigenvalue weighted by molar-refractivity contribution is 5.95. The molecule has 8 heteroatoms. The molecule has 2 aromatic rings. The van der Waals surface area contributed by atoms with Crippen molar-refractivity contribution in [2.24, 2.45) is 0 Å². The van der Waals surface area contributed by atoms with Gasteiger partial charge < -0.3 is 10.6 Å². The van der Waals surface area contributed by atoms with Gasteiger partial charge in [-0.1, -0.05) is 13.8 Å². The van der Waals surface area contributed by atoms with Gasteiger partial charge in [0.1, 0.15) is 0 Å². The Labute approximate surface area is 133 Å². The smallest absolute Gasteiger partial charge is 0.269 e. The van der Waals surface area contributed by atoms with E-state index < -0.39 is 4.92 Å². The molecule has 0 aliphatic heterocycles. The maximum absolute atomic E-state index is 12.1. The summed E-state index contributed by atoms with van der Waals surface area (Å²) < 4.78 is 0. The lowest BCUT2D eigenvalue weighted by Gasteiger charge is -2.09. The second kappa shape index (κ2) is 7.39. The molecule has 0 spiro atoms. The summed E-state index contributed by atoms with van der Waals surface area (Å²) in [7, 11) is 0. The van der Waals surface area contributed by atoms with Crippen molar-refractivity contribution < 1.29 is 9.72 Å². The molecule has 0 bridgehead atoms. The van der Waals surface area contributed by atoms with E-state index in [0.717, 1.165) is 11.4 Å². The molecule has 0 unspecified atom stereocenters.